The van der Waals surface area contributed by atoms with Gasteiger partial charge in [0.1, 0.15) is 5.69 Å². The molecule has 1 aromatic heterocycles. The van der Waals surface area contributed by atoms with Crippen LogP contribution < -0.4 is 10.6 Å². The Morgan fingerprint density at radius 2 is 2.00 bits per heavy atom. The maximum absolute atomic E-state index is 11.8. The zero-order chi connectivity index (χ0) is 15.3. The molecule has 1 aromatic rings. The predicted molar refractivity (Wildman–Crippen MR) is 78.6 cm³/mol. The summed E-state index contributed by atoms with van der Waals surface area (Å²) in [6, 6.07) is 3.45. The average molecular weight is 278 g/mol. The van der Waals surface area contributed by atoms with E-state index in [-0.39, 0.29) is 11.8 Å². The molecule has 0 saturated heterocycles. The quantitative estimate of drug-likeness (QED) is 0.841. The third-order valence-corrected chi connectivity index (χ3v) is 2.96. The highest BCUT2D eigenvalue weighted by atomic mass is 16.2. The van der Waals surface area contributed by atoms with Crippen molar-refractivity contribution in [3.8, 4) is 0 Å². The summed E-state index contributed by atoms with van der Waals surface area (Å²) in [5.41, 5.74) is 0.601. The molecule has 2 amide bonds. The lowest BCUT2D eigenvalue weighted by atomic mass is 9.92. The molecule has 0 bridgehead atoms. The Hall–Kier alpha value is -2.11. The topological polar surface area (TPSA) is 74.3 Å². The predicted octanol–water partition coefficient (Wildman–Crippen LogP) is 0.967. The molecule has 1 heterocycles. The second-order valence-corrected chi connectivity index (χ2v) is 5.45. The highest BCUT2D eigenvalue weighted by Crippen LogP contribution is 2.17. The van der Waals surface area contributed by atoms with E-state index in [0.29, 0.717) is 12.2 Å². The molecule has 0 radical (unpaired) electrons. The van der Waals surface area contributed by atoms with Crippen molar-refractivity contribution in [1.29, 1.82) is 0 Å². The van der Waals surface area contributed by atoms with Crippen LogP contribution in [0.25, 0.3) is 0 Å². The third kappa shape index (κ3) is 3.94. The van der Waals surface area contributed by atoms with Crippen LogP contribution in [0.15, 0.2) is 18.3 Å². The van der Waals surface area contributed by atoms with Gasteiger partial charge in [-0.1, -0.05) is 0 Å². The Bertz CT molecular complexity index is 498. The number of pyridine rings is 1. The lowest BCUT2D eigenvalue weighted by Gasteiger charge is -2.23. The van der Waals surface area contributed by atoms with Crippen molar-refractivity contribution in [2.75, 3.05) is 33.0 Å². The molecule has 6 nitrogen and oxygen atoms in total. The first kappa shape index (κ1) is 15.9. The first-order chi connectivity index (χ1) is 9.27. The zero-order valence-corrected chi connectivity index (χ0v) is 12.7. The third-order valence-electron chi connectivity index (χ3n) is 2.96. The van der Waals surface area contributed by atoms with Gasteiger partial charge in [-0.05, 0) is 26.0 Å². The summed E-state index contributed by atoms with van der Waals surface area (Å²) in [5.74, 6) is -0.192. The van der Waals surface area contributed by atoms with Crippen LogP contribution in [0.5, 0.6) is 0 Å². The molecule has 2 N–H and O–H groups in total. The molecular formula is C14H22N4O2. The molecule has 20 heavy (non-hydrogen) atoms. The van der Waals surface area contributed by atoms with Crippen molar-refractivity contribution in [3.05, 3.63) is 24.0 Å². The average Bonchev–Trinajstić information content (AvgIpc) is 2.43. The van der Waals surface area contributed by atoms with Gasteiger partial charge in [0.2, 0.25) is 5.91 Å². The smallest absolute Gasteiger partial charge is 0.272 e. The molecule has 0 aromatic carbocycles. The van der Waals surface area contributed by atoms with Gasteiger partial charge < -0.3 is 15.5 Å². The first-order valence-corrected chi connectivity index (χ1v) is 6.41. The molecule has 0 spiro atoms. The number of amides is 2. The van der Waals surface area contributed by atoms with Gasteiger partial charge in [-0.15, -0.1) is 0 Å². The number of carbonyl (C=O) groups excluding carboxylic acids is 2. The van der Waals surface area contributed by atoms with E-state index < -0.39 is 5.41 Å². The normalized spacial score (nSPS) is 10.8. The Balaban J connectivity index is 2.77. The van der Waals surface area contributed by atoms with Gasteiger partial charge in [-0.3, -0.25) is 14.6 Å². The van der Waals surface area contributed by atoms with Crippen molar-refractivity contribution in [2.45, 2.75) is 13.8 Å². The lowest BCUT2D eigenvalue weighted by Crippen LogP contribution is -2.39. The van der Waals surface area contributed by atoms with E-state index in [4.69, 9.17) is 0 Å². The fraction of sp³-hybridized carbons (Fsp3) is 0.500. The van der Waals surface area contributed by atoms with Gasteiger partial charge in [-0.2, -0.15) is 0 Å². The second kappa shape index (κ2) is 6.36. The maximum Gasteiger partial charge on any atom is 0.272 e. The van der Waals surface area contributed by atoms with Gasteiger partial charge in [-0.25, -0.2) is 0 Å². The fourth-order valence-electron chi connectivity index (χ4n) is 1.63. The van der Waals surface area contributed by atoms with E-state index >= 15 is 0 Å². The summed E-state index contributed by atoms with van der Waals surface area (Å²) in [7, 11) is 4.97. The number of nitrogens with one attached hydrogen (secondary N) is 2. The van der Waals surface area contributed by atoms with Gasteiger partial charge in [0, 0.05) is 39.6 Å². The van der Waals surface area contributed by atoms with E-state index in [1.165, 1.54) is 4.90 Å². The van der Waals surface area contributed by atoms with Crippen LogP contribution in [0.3, 0.4) is 0 Å². The Labute approximate surface area is 119 Å². The zero-order valence-electron chi connectivity index (χ0n) is 12.7. The number of aromatic nitrogens is 1. The summed E-state index contributed by atoms with van der Waals surface area (Å²) in [6.45, 7) is 4.17. The van der Waals surface area contributed by atoms with E-state index in [1.54, 1.807) is 39.5 Å². The Morgan fingerprint density at radius 3 is 2.55 bits per heavy atom. The molecular weight excluding hydrogens is 256 g/mol. The van der Waals surface area contributed by atoms with Crippen LogP contribution in [0.4, 0.5) is 5.69 Å². The van der Waals surface area contributed by atoms with Crippen LogP contribution in [0.2, 0.25) is 0 Å². The lowest BCUT2D eigenvalue weighted by molar-refractivity contribution is -0.128. The summed E-state index contributed by atoms with van der Waals surface area (Å²) in [6.07, 6.45) is 1.58. The van der Waals surface area contributed by atoms with Crippen molar-refractivity contribution >= 4 is 17.5 Å². The second-order valence-electron chi connectivity index (χ2n) is 5.45. The molecule has 1 rings (SSSR count). The molecule has 0 aliphatic heterocycles. The maximum atomic E-state index is 11.8. The highest BCUT2D eigenvalue weighted by molar-refractivity contribution is 5.92. The summed E-state index contributed by atoms with van der Waals surface area (Å²) < 4.78 is 0. The highest BCUT2D eigenvalue weighted by Gasteiger charge is 2.26. The Morgan fingerprint density at radius 1 is 1.35 bits per heavy atom. The summed E-state index contributed by atoms with van der Waals surface area (Å²) >= 11 is 0. The molecule has 0 aliphatic carbocycles. The van der Waals surface area contributed by atoms with E-state index in [1.807, 2.05) is 13.8 Å². The molecule has 0 fully saturated rings. The molecule has 0 saturated carbocycles. The minimum Gasteiger partial charge on any atom is -0.384 e. The van der Waals surface area contributed by atoms with Crippen molar-refractivity contribution in [1.82, 2.24) is 15.2 Å². The van der Waals surface area contributed by atoms with E-state index in [2.05, 4.69) is 15.6 Å². The number of carbonyl (C=O) groups is 2. The monoisotopic (exact) mass is 278 g/mol. The van der Waals surface area contributed by atoms with Gasteiger partial charge in [0.05, 0.1) is 5.41 Å². The SMILES string of the molecule is CNC(=O)C(C)(C)CNc1ccnc(C(=O)N(C)C)c1. The fourth-order valence-corrected chi connectivity index (χ4v) is 1.63. The van der Waals surface area contributed by atoms with Crippen LogP contribution in [0.1, 0.15) is 24.3 Å². The van der Waals surface area contributed by atoms with E-state index in [0.717, 1.165) is 5.69 Å². The van der Waals surface area contributed by atoms with Gasteiger partial charge >= 0.3 is 0 Å². The van der Waals surface area contributed by atoms with E-state index in [9.17, 15) is 9.59 Å². The van der Waals surface area contributed by atoms with Crippen LogP contribution in [0, 0.1) is 5.41 Å². The Kier molecular flexibility index (Phi) is 5.07. The first-order valence-electron chi connectivity index (χ1n) is 6.41. The van der Waals surface area contributed by atoms with Crippen LogP contribution in [-0.2, 0) is 4.79 Å². The molecule has 0 aliphatic rings. The largest absolute Gasteiger partial charge is 0.384 e. The van der Waals surface area contributed by atoms with Crippen LogP contribution in [-0.4, -0.2) is 49.4 Å². The number of rotatable bonds is 5. The number of nitrogens with zero attached hydrogens (tertiary/aromatic N) is 2. The number of hydrogen-bond acceptors (Lipinski definition) is 4. The van der Waals surface area contributed by atoms with Crippen molar-refractivity contribution < 1.29 is 9.59 Å². The molecule has 110 valence electrons. The van der Waals surface area contributed by atoms with Crippen LogP contribution >= 0.6 is 0 Å². The van der Waals surface area contributed by atoms with Crippen molar-refractivity contribution in [2.24, 2.45) is 5.41 Å². The van der Waals surface area contributed by atoms with Gasteiger partial charge in [0.25, 0.3) is 5.91 Å². The standard InChI is InChI=1S/C14H22N4O2/c1-14(2,13(20)15-3)9-17-10-6-7-16-11(8-10)12(19)18(4)5/h6-8H,9H2,1-5H3,(H,15,20)(H,16,17). The van der Waals surface area contributed by atoms with Crippen molar-refractivity contribution in [3.63, 3.8) is 0 Å². The molecule has 6 heteroatoms. The minimum absolute atomic E-state index is 0.0383. The summed E-state index contributed by atoms with van der Waals surface area (Å²) in [4.78, 5) is 29.0. The number of hydrogen-bond donors (Lipinski definition) is 2. The summed E-state index contributed by atoms with van der Waals surface area (Å²) in [5, 5.41) is 5.80. The minimum atomic E-state index is -0.538. The van der Waals surface area contributed by atoms with Gasteiger partial charge in [0.15, 0.2) is 0 Å². The molecule has 0 unspecified atom stereocenters. The molecule has 0 atom stereocenters. The number of anilines is 1.